The molecule has 6 fully saturated rings. The summed E-state index contributed by atoms with van der Waals surface area (Å²) in [5, 5.41) is 63.7. The number of fused-ring (bicyclic) bond motifs is 19. The van der Waals surface area contributed by atoms with Crippen LogP contribution >= 0.6 is 0 Å². The number of benzene rings is 4. The number of ketones is 1. The van der Waals surface area contributed by atoms with Crippen LogP contribution in [-0.4, -0.2) is 213 Å². The molecule has 4 saturated heterocycles. The average molecular weight is 1570 g/mol. The van der Waals surface area contributed by atoms with Gasteiger partial charge in [0.05, 0.1) is 55.4 Å². The zero-order chi connectivity index (χ0) is 82.0. The molecule has 3 aliphatic carbocycles. The van der Waals surface area contributed by atoms with E-state index in [0.717, 1.165) is 18.7 Å². The van der Waals surface area contributed by atoms with Crippen LogP contribution in [0.15, 0.2) is 126 Å². The maximum Gasteiger partial charge on any atom is 0.350 e. The Morgan fingerprint density at radius 3 is 1.99 bits per heavy atom. The first-order valence-electron chi connectivity index (χ1n) is 36.7. The molecule has 0 radical (unpaired) electrons. The number of nitrogens with two attached hydrogens (primary N) is 1. The number of carbonyl (C=O) groups excluding carboxylic acids is 14. The molecule has 35 heteroatoms. The number of nitrogens with one attached hydrogen (secondary N) is 9. The van der Waals surface area contributed by atoms with Gasteiger partial charge in [-0.3, -0.25) is 67.7 Å². The quantitative estimate of drug-likeness (QED) is 0.00830. The highest BCUT2D eigenvalue weighted by molar-refractivity contribution is 6.01. The van der Waals surface area contributed by atoms with E-state index in [2.05, 4.69) is 42.5 Å². The van der Waals surface area contributed by atoms with Gasteiger partial charge in [-0.15, -0.1) is 0 Å². The van der Waals surface area contributed by atoms with E-state index in [1.165, 1.54) is 64.1 Å². The van der Waals surface area contributed by atoms with Gasteiger partial charge in [0.2, 0.25) is 47.5 Å². The Morgan fingerprint density at radius 1 is 0.743 bits per heavy atom. The lowest BCUT2D eigenvalue weighted by Gasteiger charge is -2.67. The normalized spacial score (nSPS) is 27.4. The van der Waals surface area contributed by atoms with Crippen molar-refractivity contribution in [3.8, 4) is 0 Å². The van der Waals surface area contributed by atoms with Gasteiger partial charge in [-0.25, -0.2) is 9.59 Å². The summed E-state index contributed by atoms with van der Waals surface area (Å²) in [4.78, 5) is 211. The number of esters is 5. The van der Waals surface area contributed by atoms with Crippen LogP contribution in [0.4, 0.5) is 0 Å². The third-order valence-corrected chi connectivity index (χ3v) is 21.7. The molecule has 113 heavy (non-hydrogen) atoms. The van der Waals surface area contributed by atoms with Crippen molar-refractivity contribution in [2.45, 2.75) is 184 Å². The Bertz CT molecular complexity index is 4410. The highest BCUT2D eigenvalue weighted by Gasteiger charge is 2.78. The number of rotatable bonds is 24. The third kappa shape index (κ3) is 18.5. The first kappa shape index (κ1) is 83.5. The van der Waals surface area contributed by atoms with Crippen molar-refractivity contribution in [1.82, 2.24) is 47.4 Å². The first-order chi connectivity index (χ1) is 53.6. The van der Waals surface area contributed by atoms with E-state index >= 15 is 9.59 Å². The van der Waals surface area contributed by atoms with Crippen molar-refractivity contribution in [1.29, 1.82) is 5.41 Å². The van der Waals surface area contributed by atoms with Gasteiger partial charge in [0, 0.05) is 70.3 Å². The van der Waals surface area contributed by atoms with Crippen LogP contribution in [0.3, 0.4) is 0 Å². The molecule has 15 unspecified atom stereocenters. The SMILES string of the molecule is CC(=O)OC1C(=O)C2(C)C(O)CC3OCC3(OC(C)=O)C2C(OC(=O)c2ccccc2)C2(O)CC(OC(=O)C(OC(=O)CCC(=O)NCc3ccc(CN4C(=O)C5CNC(=O)C(CC(=O)O)NC(=O)CNC(=O)C(CCCNC(=N)N)NC(=O)CC4C(=O)N5)cc3)C(NC(=O)c3ccccc3)c3ccccc3)C(C)=C1C2(C)C. The summed E-state index contributed by atoms with van der Waals surface area (Å²) in [5.41, 5.74) is -2.18. The van der Waals surface area contributed by atoms with E-state index in [4.69, 9.17) is 39.6 Å². The van der Waals surface area contributed by atoms with Crippen molar-refractivity contribution >= 4 is 94.8 Å². The van der Waals surface area contributed by atoms with Gasteiger partial charge in [-0.05, 0) is 78.8 Å². The summed E-state index contributed by atoms with van der Waals surface area (Å²) in [6.45, 7) is 5.72. The van der Waals surface area contributed by atoms with E-state index in [1.807, 2.05) is 0 Å². The van der Waals surface area contributed by atoms with Crippen LogP contribution in [0.2, 0.25) is 0 Å². The predicted molar refractivity (Wildman–Crippen MR) is 391 cm³/mol. The zero-order valence-electron chi connectivity index (χ0n) is 62.7. The van der Waals surface area contributed by atoms with Gasteiger partial charge in [0.25, 0.3) is 5.91 Å². The monoisotopic (exact) mass is 1570 g/mol. The van der Waals surface area contributed by atoms with Crippen LogP contribution in [0.25, 0.3) is 0 Å². The number of nitrogens with zero attached hydrogens (tertiary/aromatic N) is 1. The molecule has 11 rings (SSSR count). The number of piperazine rings is 1. The molecule has 4 aromatic carbocycles. The van der Waals surface area contributed by atoms with E-state index < -0.39 is 235 Å². The standard InChI is InChI=1S/C78H91N11O24/c1-40-52(34-78(107)66(112-72(105)47-21-14-9-15-22-47)64-76(6,53(92)33-54-77(64,39-108-54)113-42(3)91)65(99)62(109-41(2)90)60(40)75(78,4)5)110-73(106)63(61(45-17-10-7-11-18-45)88-67(100)46-19-12-8-13-20-46)111-59(98)29-28-55(93)82-35-43-24-26-44(27-25-43)38-89-51-32-56(94)85-48(23-16-30-81-74(79)80)68(101)84-37-57(95)86-49(31-58(96)97)69(102)83-36-50(71(89)104)87-70(51)103/h7-15,17-22,24-27,48-54,61-64,66,92,107H,16,23,28-39H2,1-6H3,(H,82,93)(H,83,102)(H,84,101)(H,85,94)(H,86,95)(H,87,103)(H,88,100)(H,96,97)(H4,79,80,81). The molecule has 2 saturated carbocycles. The van der Waals surface area contributed by atoms with Crippen LogP contribution in [-0.2, 0) is 104 Å². The van der Waals surface area contributed by atoms with Crippen LogP contribution < -0.4 is 48.3 Å². The van der Waals surface area contributed by atoms with Gasteiger partial charge in [-0.1, -0.05) is 105 Å². The highest BCUT2D eigenvalue weighted by atomic mass is 16.6. The Kier molecular flexibility index (Phi) is 26.0. The summed E-state index contributed by atoms with van der Waals surface area (Å²) in [5.74, 6) is -16.9. The van der Waals surface area contributed by atoms with Gasteiger partial charge in [0.15, 0.2) is 23.4 Å². The molecule has 4 bridgehead atoms. The van der Waals surface area contributed by atoms with Crippen molar-refractivity contribution in [3.05, 3.63) is 154 Å². The van der Waals surface area contributed by atoms with Crippen molar-refractivity contribution in [3.63, 3.8) is 0 Å². The third-order valence-electron chi connectivity index (χ3n) is 21.7. The van der Waals surface area contributed by atoms with E-state index in [9.17, 15) is 77.6 Å². The molecule has 4 heterocycles. The zero-order valence-corrected chi connectivity index (χ0v) is 62.7. The van der Waals surface area contributed by atoms with Crippen LogP contribution in [0.5, 0.6) is 0 Å². The largest absolute Gasteiger partial charge is 0.481 e. The van der Waals surface area contributed by atoms with Crippen molar-refractivity contribution in [2.24, 2.45) is 22.5 Å². The number of aliphatic hydroxyl groups is 2. The second kappa shape index (κ2) is 35.2. The maximum absolute atomic E-state index is 16.0. The van der Waals surface area contributed by atoms with Crippen molar-refractivity contribution < 1.29 is 116 Å². The molecule has 4 aliphatic heterocycles. The number of hydrogen-bond acceptors (Lipinski definition) is 24. The Hall–Kier alpha value is -12.0. The van der Waals surface area contributed by atoms with E-state index in [-0.39, 0.29) is 72.7 Å². The second-order valence-electron chi connectivity index (χ2n) is 29.4. The number of carbonyl (C=O) groups is 15. The summed E-state index contributed by atoms with van der Waals surface area (Å²) < 4.78 is 37.1. The van der Waals surface area contributed by atoms with E-state index in [1.54, 1.807) is 78.9 Å². The molecule has 0 spiro atoms. The molecule has 7 aliphatic rings. The van der Waals surface area contributed by atoms with Gasteiger partial charge >= 0.3 is 35.8 Å². The first-order valence-corrected chi connectivity index (χ1v) is 36.7. The number of aliphatic carboxylic acids is 1. The molecular formula is C78H91N11O24. The molecule has 15 atom stereocenters. The lowest BCUT2D eigenvalue weighted by atomic mass is 9.44. The fraction of sp³-hybridized carbons (Fsp3) is 0.462. The highest BCUT2D eigenvalue weighted by Crippen LogP contribution is 2.64. The molecular weight excluding hydrogens is 1470 g/mol. The number of carboxylic acids is 1. The predicted octanol–water partition coefficient (Wildman–Crippen LogP) is -0.0775. The Morgan fingerprint density at radius 2 is 1.37 bits per heavy atom. The molecule has 0 aromatic heterocycles. The fourth-order valence-electron chi connectivity index (χ4n) is 15.8. The number of Topliss-reactive ketones (excluding diaryl/α,β-unsaturated/α-hetero) is 1. The molecule has 4 aromatic rings. The van der Waals surface area contributed by atoms with Crippen molar-refractivity contribution in [2.75, 3.05) is 26.2 Å². The lowest BCUT2D eigenvalue weighted by molar-refractivity contribution is -0.346. The number of aliphatic hydroxyl groups excluding tert-OH is 1. The average Bonchev–Trinajstić information content (AvgIpc) is 0.668. The summed E-state index contributed by atoms with van der Waals surface area (Å²) >= 11 is 0. The maximum atomic E-state index is 16.0. The summed E-state index contributed by atoms with van der Waals surface area (Å²) in [7, 11) is 0. The number of guanidine groups is 1. The fourth-order valence-corrected chi connectivity index (χ4v) is 15.8. The summed E-state index contributed by atoms with van der Waals surface area (Å²) in [6, 6.07) is 21.8. The van der Waals surface area contributed by atoms with Crippen LogP contribution in [0, 0.1) is 22.2 Å². The molecule has 8 amide bonds. The number of amides is 8. The molecule has 14 N–H and O–H groups in total. The topological polar surface area (TPSA) is 521 Å². The number of carboxylic acid groups (broad SMARTS) is 1. The Balaban J connectivity index is 0.905. The molecule has 602 valence electrons. The summed E-state index contributed by atoms with van der Waals surface area (Å²) in [6.07, 6.45) is -14.6. The lowest BCUT2D eigenvalue weighted by Crippen LogP contribution is -2.82. The van der Waals surface area contributed by atoms with E-state index in [0.29, 0.717) is 11.1 Å². The molecule has 35 nitrogen and oxygen atoms in total. The van der Waals surface area contributed by atoms with Gasteiger partial charge in [-0.2, -0.15) is 0 Å². The smallest absolute Gasteiger partial charge is 0.350 e. The Labute approximate surface area is 647 Å². The van der Waals surface area contributed by atoms with Gasteiger partial charge in [0.1, 0.15) is 54.1 Å². The second-order valence-corrected chi connectivity index (χ2v) is 29.4. The number of hydrogen-bond donors (Lipinski definition) is 13. The van der Waals surface area contributed by atoms with Crippen LogP contribution in [0.1, 0.15) is 136 Å². The minimum absolute atomic E-state index is 0.0193. The number of ether oxygens (including phenoxy) is 6. The van der Waals surface area contributed by atoms with Gasteiger partial charge < -0.3 is 96.9 Å². The minimum atomic E-state index is -2.60. The minimum Gasteiger partial charge on any atom is -0.481 e.